The van der Waals surface area contributed by atoms with E-state index in [-0.39, 0.29) is 11.9 Å². The minimum Gasteiger partial charge on any atom is -0.494 e. The summed E-state index contributed by atoms with van der Waals surface area (Å²) in [5.41, 5.74) is 1.05. The van der Waals surface area contributed by atoms with Crippen molar-refractivity contribution < 1.29 is 9.13 Å². The van der Waals surface area contributed by atoms with Crippen molar-refractivity contribution in [2.24, 2.45) is 5.92 Å². The lowest BCUT2D eigenvalue weighted by Gasteiger charge is -2.18. The summed E-state index contributed by atoms with van der Waals surface area (Å²) in [4.78, 5) is 0. The van der Waals surface area contributed by atoms with Gasteiger partial charge in [-0.3, -0.25) is 0 Å². The molecule has 0 bridgehead atoms. The van der Waals surface area contributed by atoms with Crippen molar-refractivity contribution in [2.45, 2.75) is 19.9 Å². The summed E-state index contributed by atoms with van der Waals surface area (Å²) in [5, 5.41) is 3.46. The van der Waals surface area contributed by atoms with Crippen LogP contribution in [0.4, 0.5) is 4.39 Å². The zero-order valence-electron chi connectivity index (χ0n) is 11.5. The Labute approximate surface area is 113 Å². The second-order valence-corrected chi connectivity index (χ2v) is 5.50. The summed E-state index contributed by atoms with van der Waals surface area (Å²) in [6, 6.07) is 5.21. The highest BCUT2D eigenvalue weighted by atomic mass is 32.2. The first-order valence-corrected chi connectivity index (χ1v) is 7.53. The van der Waals surface area contributed by atoms with Gasteiger partial charge in [-0.1, -0.05) is 13.0 Å². The van der Waals surface area contributed by atoms with Crippen LogP contribution in [-0.2, 0) is 0 Å². The van der Waals surface area contributed by atoms with Crippen LogP contribution >= 0.6 is 11.8 Å². The van der Waals surface area contributed by atoms with Crippen LogP contribution in [-0.4, -0.2) is 25.7 Å². The lowest BCUT2D eigenvalue weighted by molar-refractivity contribution is 0.384. The van der Waals surface area contributed by atoms with E-state index in [0.717, 1.165) is 17.9 Å². The maximum atomic E-state index is 13.3. The molecule has 0 amide bonds. The second-order valence-electron chi connectivity index (χ2n) is 4.58. The highest BCUT2D eigenvalue weighted by molar-refractivity contribution is 7.98. The van der Waals surface area contributed by atoms with E-state index in [9.17, 15) is 4.39 Å². The van der Waals surface area contributed by atoms with Crippen molar-refractivity contribution >= 4 is 11.8 Å². The fourth-order valence-corrected chi connectivity index (χ4v) is 2.47. The summed E-state index contributed by atoms with van der Waals surface area (Å²) in [7, 11) is 1.49. The van der Waals surface area contributed by atoms with Crippen LogP contribution in [0.2, 0.25) is 0 Å². The Morgan fingerprint density at radius 3 is 2.72 bits per heavy atom. The van der Waals surface area contributed by atoms with E-state index < -0.39 is 0 Å². The summed E-state index contributed by atoms with van der Waals surface area (Å²) in [5.74, 6) is 1.76. The molecule has 2 nitrogen and oxygen atoms in total. The number of methoxy groups -OCH3 is 1. The van der Waals surface area contributed by atoms with Gasteiger partial charge in [0.25, 0.3) is 0 Å². The molecule has 2 unspecified atom stereocenters. The maximum Gasteiger partial charge on any atom is 0.165 e. The van der Waals surface area contributed by atoms with E-state index in [0.29, 0.717) is 11.7 Å². The normalized spacial score (nSPS) is 14.3. The van der Waals surface area contributed by atoms with E-state index in [1.54, 1.807) is 12.1 Å². The van der Waals surface area contributed by atoms with Crippen LogP contribution in [0.3, 0.4) is 0 Å². The van der Waals surface area contributed by atoms with Crippen molar-refractivity contribution in [1.29, 1.82) is 0 Å². The van der Waals surface area contributed by atoms with E-state index in [2.05, 4.69) is 25.4 Å². The molecule has 0 spiro atoms. The Hall–Kier alpha value is -0.740. The van der Waals surface area contributed by atoms with Crippen LogP contribution < -0.4 is 10.1 Å². The standard InChI is InChI=1S/C14H22FNOS/c1-10(9-18-4)8-16-11(2)12-5-6-13(15)14(7-12)17-3/h5-7,10-11,16H,8-9H2,1-4H3. The number of thioether (sulfide) groups is 1. The predicted molar refractivity (Wildman–Crippen MR) is 76.9 cm³/mol. The molecular weight excluding hydrogens is 249 g/mol. The lowest BCUT2D eigenvalue weighted by Crippen LogP contribution is -2.25. The molecule has 0 saturated carbocycles. The van der Waals surface area contributed by atoms with E-state index >= 15 is 0 Å². The third-order valence-corrected chi connectivity index (χ3v) is 3.80. The van der Waals surface area contributed by atoms with Crippen LogP contribution in [0.25, 0.3) is 0 Å². The van der Waals surface area contributed by atoms with Crippen molar-refractivity contribution in [3.8, 4) is 5.75 Å². The molecule has 0 aromatic heterocycles. The maximum absolute atomic E-state index is 13.3. The fraction of sp³-hybridized carbons (Fsp3) is 0.571. The Bertz CT molecular complexity index is 373. The van der Waals surface area contributed by atoms with Gasteiger partial charge < -0.3 is 10.1 Å². The first kappa shape index (κ1) is 15.3. The minimum absolute atomic E-state index is 0.198. The molecule has 102 valence electrons. The quantitative estimate of drug-likeness (QED) is 0.820. The van der Waals surface area contributed by atoms with Gasteiger partial charge in [-0.25, -0.2) is 4.39 Å². The van der Waals surface area contributed by atoms with Crippen molar-refractivity contribution in [2.75, 3.05) is 25.7 Å². The van der Waals surface area contributed by atoms with E-state index in [4.69, 9.17) is 4.74 Å². The lowest BCUT2D eigenvalue weighted by atomic mass is 10.1. The van der Waals surface area contributed by atoms with E-state index in [1.807, 2.05) is 11.8 Å². The zero-order chi connectivity index (χ0) is 13.5. The average molecular weight is 271 g/mol. The molecular formula is C14H22FNOS. The van der Waals surface area contributed by atoms with Crippen LogP contribution in [0.5, 0.6) is 5.75 Å². The highest BCUT2D eigenvalue weighted by Crippen LogP contribution is 2.22. The molecule has 0 saturated heterocycles. The summed E-state index contributed by atoms with van der Waals surface area (Å²) in [6.07, 6.45) is 2.12. The Morgan fingerprint density at radius 2 is 2.11 bits per heavy atom. The molecule has 1 aromatic rings. The molecule has 4 heteroatoms. The molecule has 0 aliphatic rings. The summed E-state index contributed by atoms with van der Waals surface area (Å²) < 4.78 is 18.3. The number of hydrogen-bond acceptors (Lipinski definition) is 3. The third kappa shape index (κ3) is 4.50. The van der Waals surface area contributed by atoms with Gasteiger partial charge in [0.1, 0.15) is 0 Å². The Morgan fingerprint density at radius 1 is 1.39 bits per heavy atom. The molecule has 18 heavy (non-hydrogen) atoms. The number of nitrogens with one attached hydrogen (secondary N) is 1. The monoisotopic (exact) mass is 271 g/mol. The van der Waals surface area contributed by atoms with Crippen molar-refractivity contribution in [3.63, 3.8) is 0 Å². The molecule has 0 fully saturated rings. The topological polar surface area (TPSA) is 21.3 Å². The van der Waals surface area contributed by atoms with Crippen LogP contribution in [0.15, 0.2) is 18.2 Å². The van der Waals surface area contributed by atoms with Crippen LogP contribution in [0.1, 0.15) is 25.5 Å². The number of hydrogen-bond donors (Lipinski definition) is 1. The number of benzene rings is 1. The molecule has 1 aromatic carbocycles. The molecule has 0 heterocycles. The van der Waals surface area contributed by atoms with Crippen molar-refractivity contribution in [3.05, 3.63) is 29.6 Å². The van der Waals surface area contributed by atoms with Gasteiger partial charge in [0.05, 0.1) is 7.11 Å². The van der Waals surface area contributed by atoms with Gasteiger partial charge in [-0.2, -0.15) is 11.8 Å². The van der Waals surface area contributed by atoms with Crippen LogP contribution in [0, 0.1) is 11.7 Å². The second kappa shape index (κ2) is 7.64. The average Bonchev–Trinajstić information content (AvgIpc) is 2.37. The van der Waals surface area contributed by atoms with Gasteiger partial charge in [0, 0.05) is 6.04 Å². The Balaban J connectivity index is 2.58. The van der Waals surface area contributed by atoms with Gasteiger partial charge in [-0.05, 0) is 49.1 Å². The largest absolute Gasteiger partial charge is 0.494 e. The zero-order valence-corrected chi connectivity index (χ0v) is 12.3. The Kier molecular flexibility index (Phi) is 6.50. The first-order chi connectivity index (χ1) is 8.58. The molecule has 1 N–H and O–H groups in total. The molecule has 0 aliphatic heterocycles. The number of rotatable bonds is 7. The molecule has 1 rings (SSSR count). The number of halogens is 1. The highest BCUT2D eigenvalue weighted by Gasteiger charge is 2.10. The minimum atomic E-state index is -0.316. The molecule has 0 radical (unpaired) electrons. The van der Waals surface area contributed by atoms with Crippen molar-refractivity contribution in [1.82, 2.24) is 5.32 Å². The molecule has 0 aliphatic carbocycles. The first-order valence-electron chi connectivity index (χ1n) is 6.14. The predicted octanol–water partition coefficient (Wildman–Crippen LogP) is 3.48. The van der Waals surface area contributed by atoms with E-state index in [1.165, 1.54) is 13.2 Å². The van der Waals surface area contributed by atoms with Gasteiger partial charge in [0.2, 0.25) is 0 Å². The van der Waals surface area contributed by atoms with Gasteiger partial charge >= 0.3 is 0 Å². The van der Waals surface area contributed by atoms with Gasteiger partial charge in [0.15, 0.2) is 11.6 Å². The molecule has 2 atom stereocenters. The van der Waals surface area contributed by atoms with Gasteiger partial charge in [-0.15, -0.1) is 0 Å². The third-order valence-electron chi connectivity index (χ3n) is 2.90. The fourth-order valence-electron chi connectivity index (χ4n) is 1.78. The summed E-state index contributed by atoms with van der Waals surface area (Å²) >= 11 is 1.86. The summed E-state index contributed by atoms with van der Waals surface area (Å²) in [6.45, 7) is 5.27. The number of ether oxygens (including phenoxy) is 1. The SMILES string of the molecule is COc1cc(C(C)NCC(C)CSC)ccc1F. The smallest absolute Gasteiger partial charge is 0.165 e.